The number of nitrogens with zero attached hydrogens (tertiary/aromatic N) is 5. The minimum Gasteiger partial charge on any atom is -0.497 e. The molecule has 5 heterocycles. The number of imidazole rings is 2. The van der Waals surface area contributed by atoms with Gasteiger partial charge in [0.2, 0.25) is 0 Å². The normalized spacial score (nSPS) is 11.9. The van der Waals surface area contributed by atoms with E-state index in [0.29, 0.717) is 11.5 Å². The van der Waals surface area contributed by atoms with Gasteiger partial charge in [0.15, 0.2) is 0 Å². The molecule has 6 aromatic carbocycles. The molecule has 11 rings (SSSR count). The summed E-state index contributed by atoms with van der Waals surface area (Å²) in [7, 11) is 0. The smallest absolute Gasteiger partial charge is 0.497 e. The van der Waals surface area contributed by atoms with Crippen LogP contribution >= 0.6 is 0 Å². The van der Waals surface area contributed by atoms with Crippen LogP contribution in [-0.2, 0) is 21.1 Å². The third-order valence-corrected chi connectivity index (χ3v) is 9.59. The van der Waals surface area contributed by atoms with Crippen LogP contribution in [0.5, 0.6) is 11.5 Å². The monoisotopic (exact) mass is 808 g/mol. The molecule has 0 unspecified atom stereocenters. The molecule has 0 atom stereocenters. The number of fused-ring (bicyclic) bond motifs is 15. The minimum atomic E-state index is 0. The van der Waals surface area contributed by atoms with Gasteiger partial charge in [-0.05, 0) is 41.1 Å². The number of rotatable bonds is 3. The Morgan fingerprint density at radius 2 is 1.02 bits per heavy atom. The third-order valence-electron chi connectivity index (χ3n) is 9.59. The van der Waals surface area contributed by atoms with E-state index in [9.17, 15) is 0 Å². The van der Waals surface area contributed by atoms with E-state index in [4.69, 9.17) is 9.72 Å². The summed E-state index contributed by atoms with van der Waals surface area (Å²) in [4.78, 5) is 9.46. The maximum atomic E-state index is 6.46. The second-order valence-electron chi connectivity index (χ2n) is 12.2. The van der Waals surface area contributed by atoms with Gasteiger partial charge in [0.1, 0.15) is 0 Å². The zero-order valence-electron chi connectivity index (χ0n) is 25.7. The topological polar surface area (TPSA) is 48.8 Å². The Hall–Kier alpha value is -5.97. The Balaban J connectivity index is 0.00000306. The molecule has 0 spiro atoms. The van der Waals surface area contributed by atoms with Crippen LogP contribution in [0.2, 0.25) is 0 Å². The molecule has 0 radical (unpaired) electrons. The summed E-state index contributed by atoms with van der Waals surface area (Å²) >= 11 is 0. The van der Waals surface area contributed by atoms with Crippen LogP contribution in [0.4, 0.5) is 0 Å². The van der Waals surface area contributed by atoms with Crippen molar-refractivity contribution in [1.29, 1.82) is 0 Å². The molecule has 0 bridgehead atoms. The van der Waals surface area contributed by atoms with E-state index < -0.39 is 0 Å². The van der Waals surface area contributed by atoms with Crippen molar-refractivity contribution < 1.29 is 25.8 Å². The van der Waals surface area contributed by atoms with Gasteiger partial charge in [-0.15, -0.1) is 12.1 Å². The molecule has 0 N–H and O–H groups in total. The molecule has 232 valence electrons. The second-order valence-corrected chi connectivity index (χ2v) is 12.2. The predicted molar refractivity (Wildman–Crippen MR) is 192 cm³/mol. The maximum Gasteiger partial charge on any atom is 2.00 e. The number of ether oxygens (including phenoxy) is 1. The van der Waals surface area contributed by atoms with Crippen LogP contribution in [0.15, 0.2) is 140 Å². The first-order valence-corrected chi connectivity index (χ1v) is 15.9. The van der Waals surface area contributed by atoms with Crippen molar-refractivity contribution >= 4 is 76.5 Å². The Bertz CT molecular complexity index is 3100. The summed E-state index contributed by atoms with van der Waals surface area (Å²) in [5.74, 6) is 1.21. The molecule has 49 heavy (non-hydrogen) atoms. The first-order valence-electron chi connectivity index (χ1n) is 15.9. The molecule has 6 nitrogen and oxygen atoms in total. The fourth-order valence-corrected chi connectivity index (χ4v) is 7.54. The van der Waals surface area contributed by atoms with Crippen molar-refractivity contribution in [3.8, 4) is 17.2 Å². The van der Waals surface area contributed by atoms with Crippen molar-refractivity contribution in [3.63, 3.8) is 0 Å². The average molecular weight is 809 g/mol. The van der Waals surface area contributed by atoms with Crippen molar-refractivity contribution in [1.82, 2.24) is 23.3 Å². The molecule has 0 amide bonds. The fraction of sp³-hybridized carbons (Fsp3) is 0. The molecule has 0 aliphatic heterocycles. The first kappa shape index (κ1) is 28.1. The summed E-state index contributed by atoms with van der Waals surface area (Å²) in [5.41, 5.74) is 7.34. The van der Waals surface area contributed by atoms with Gasteiger partial charge in [-0.3, -0.25) is 9.97 Å². The van der Waals surface area contributed by atoms with Gasteiger partial charge < -0.3 is 18.1 Å². The molecule has 0 saturated heterocycles. The van der Waals surface area contributed by atoms with Crippen LogP contribution in [0.3, 0.4) is 0 Å². The minimum absolute atomic E-state index is 0. The van der Waals surface area contributed by atoms with E-state index in [1.54, 1.807) is 0 Å². The number of benzene rings is 6. The Morgan fingerprint density at radius 3 is 1.71 bits per heavy atom. The third kappa shape index (κ3) is 3.98. The van der Waals surface area contributed by atoms with E-state index in [1.807, 2.05) is 36.9 Å². The Labute approximate surface area is 293 Å². The number of para-hydroxylation sites is 3. The summed E-state index contributed by atoms with van der Waals surface area (Å²) in [5, 5.41) is 8.67. The predicted octanol–water partition coefficient (Wildman–Crippen LogP) is 10.1. The molecule has 0 saturated carbocycles. The van der Waals surface area contributed by atoms with E-state index in [0.717, 1.165) is 65.8 Å². The van der Waals surface area contributed by atoms with Crippen LogP contribution in [-0.4, -0.2) is 23.3 Å². The number of hydrogen-bond acceptors (Lipinski definition) is 3. The molecule has 0 fully saturated rings. The van der Waals surface area contributed by atoms with Crippen molar-refractivity contribution in [2.45, 2.75) is 0 Å². The largest absolute Gasteiger partial charge is 2.00 e. The molecular formula is C42H23N5OPt. The van der Waals surface area contributed by atoms with E-state index >= 15 is 0 Å². The Kier molecular flexibility index (Phi) is 6.02. The van der Waals surface area contributed by atoms with E-state index in [-0.39, 0.29) is 21.1 Å². The number of aromatic nitrogens is 5. The van der Waals surface area contributed by atoms with Gasteiger partial charge in [0.25, 0.3) is 0 Å². The zero-order chi connectivity index (χ0) is 31.3. The summed E-state index contributed by atoms with van der Waals surface area (Å²) in [6.45, 7) is 0. The van der Waals surface area contributed by atoms with Crippen LogP contribution in [0, 0.1) is 12.1 Å². The van der Waals surface area contributed by atoms with Gasteiger partial charge in [-0.25, -0.2) is 0 Å². The molecule has 11 aromatic rings. The van der Waals surface area contributed by atoms with Gasteiger partial charge in [0, 0.05) is 63.8 Å². The molecular weight excluding hydrogens is 786 g/mol. The van der Waals surface area contributed by atoms with Crippen LogP contribution in [0.25, 0.3) is 82.1 Å². The van der Waals surface area contributed by atoms with Crippen LogP contribution < -0.4 is 4.74 Å². The standard InChI is InChI=1S/C42H23N5O.Pt/c1-2-8-26(9-3-1)47-38-13-7-5-11-32(38)34-24-33-30-17-15-28(23-36(30)42-44-19-21-46(42)39(33)25-40(34)47)48-27-14-16-29-31-10-4-6-12-37(31)45-20-18-43-41(45)35(29)22-27;/h1-21,24-25H;/q-2;+2. The Morgan fingerprint density at radius 1 is 0.469 bits per heavy atom. The van der Waals surface area contributed by atoms with Gasteiger partial charge in [0.05, 0.1) is 22.3 Å². The first-order chi connectivity index (χ1) is 23.8. The molecule has 5 aromatic heterocycles. The summed E-state index contributed by atoms with van der Waals surface area (Å²) < 4.78 is 13.1. The average Bonchev–Trinajstić information content (AvgIpc) is 3.90. The molecule has 7 heteroatoms. The number of hydrogen-bond donors (Lipinski definition) is 0. The van der Waals surface area contributed by atoms with Crippen LogP contribution in [0.1, 0.15) is 0 Å². The second kappa shape index (κ2) is 10.5. The van der Waals surface area contributed by atoms with E-state index in [2.05, 4.69) is 134 Å². The van der Waals surface area contributed by atoms with Gasteiger partial charge in [-0.2, -0.15) is 0 Å². The maximum absolute atomic E-state index is 6.46. The van der Waals surface area contributed by atoms with Gasteiger partial charge in [-0.1, -0.05) is 106 Å². The fourth-order valence-electron chi connectivity index (χ4n) is 7.54. The number of pyridine rings is 2. The molecule has 0 aliphatic carbocycles. The van der Waals surface area contributed by atoms with Crippen molar-refractivity contribution in [3.05, 3.63) is 152 Å². The SMILES string of the molecule is [Pt+2].[c-]1c(Oc2[c-]c3c(cc2)c2cc4c5ccccc5n(-c5ccccc5)c4cc2n2ccnc32)ccc2c1c1nccn1c1ccccc21. The van der Waals surface area contributed by atoms with Gasteiger partial charge >= 0.3 is 21.1 Å². The van der Waals surface area contributed by atoms with Crippen molar-refractivity contribution in [2.75, 3.05) is 0 Å². The quantitative estimate of drug-likeness (QED) is 0.132. The zero-order valence-corrected chi connectivity index (χ0v) is 28.0. The molecule has 0 aliphatic rings. The van der Waals surface area contributed by atoms with E-state index in [1.165, 1.54) is 16.3 Å². The summed E-state index contributed by atoms with van der Waals surface area (Å²) in [6.07, 6.45) is 7.69. The summed E-state index contributed by atoms with van der Waals surface area (Å²) in [6, 6.07) is 47.4. The van der Waals surface area contributed by atoms with Crippen molar-refractivity contribution in [2.24, 2.45) is 0 Å².